The number of nitrogens with zero attached hydrogens (tertiary/aromatic N) is 3. The standard InChI is InChI=1S/C24H25ClFN3O4S/c1-15(8-9-34(2,31)32)6-7-22(30)20-10-19-21(11-27-20)29(14-28-19)24(16-12-33-13-16)17-4-3-5-18(26)23(17)25/h3-5,8-11,14-16,24H,6-7,12-13H2,1-2H3/b9-8+/t15-,24+/m0/s1. The van der Waals surface area contributed by atoms with Crippen molar-refractivity contribution in [2.45, 2.75) is 25.8 Å². The summed E-state index contributed by atoms with van der Waals surface area (Å²) in [7, 11) is -3.19. The van der Waals surface area contributed by atoms with Crippen molar-refractivity contribution in [2.75, 3.05) is 19.5 Å². The molecule has 0 saturated carbocycles. The Labute approximate surface area is 202 Å². The van der Waals surface area contributed by atoms with E-state index in [1.54, 1.807) is 36.8 Å². The third-order valence-corrected chi connectivity index (χ3v) is 6.99. The van der Waals surface area contributed by atoms with Gasteiger partial charge in [0.2, 0.25) is 0 Å². The molecule has 2 aromatic heterocycles. The van der Waals surface area contributed by atoms with E-state index >= 15 is 0 Å². The van der Waals surface area contributed by atoms with E-state index in [1.165, 1.54) is 6.07 Å². The average molecular weight is 506 g/mol. The van der Waals surface area contributed by atoms with Gasteiger partial charge in [-0.05, 0) is 30.0 Å². The molecule has 1 saturated heterocycles. The Balaban J connectivity index is 1.57. The molecule has 0 radical (unpaired) electrons. The first-order valence-corrected chi connectivity index (χ1v) is 13.2. The zero-order valence-corrected chi connectivity index (χ0v) is 20.4. The van der Waals surface area contributed by atoms with Crippen LogP contribution in [0.2, 0.25) is 5.02 Å². The summed E-state index contributed by atoms with van der Waals surface area (Å²) in [6, 6.07) is 6.11. The van der Waals surface area contributed by atoms with Crippen molar-refractivity contribution in [1.29, 1.82) is 0 Å². The number of hydrogen-bond donors (Lipinski definition) is 0. The molecular formula is C24H25ClFN3O4S. The second kappa shape index (κ2) is 9.93. The summed E-state index contributed by atoms with van der Waals surface area (Å²) in [6.45, 7) is 2.90. The van der Waals surface area contributed by atoms with Gasteiger partial charge in [0.05, 0.1) is 47.8 Å². The topological polar surface area (TPSA) is 91.2 Å². The summed E-state index contributed by atoms with van der Waals surface area (Å²) in [4.78, 5) is 21.5. The second-order valence-corrected chi connectivity index (χ2v) is 11.0. The molecule has 3 aromatic rings. The number of carbonyl (C=O) groups is 1. The Morgan fingerprint density at radius 2 is 2.12 bits per heavy atom. The predicted molar refractivity (Wildman–Crippen MR) is 128 cm³/mol. The van der Waals surface area contributed by atoms with Crippen molar-refractivity contribution < 1.29 is 22.3 Å². The fourth-order valence-electron chi connectivity index (χ4n) is 3.98. The molecule has 3 heterocycles. The number of sulfone groups is 1. The molecule has 1 aliphatic heterocycles. The first kappa shape index (κ1) is 24.5. The SMILES string of the molecule is C[C@H](/C=C/S(C)(=O)=O)CCC(=O)c1cc2ncn([C@@H](c3cccc(F)c3Cl)C3COC3)c2cn1. The smallest absolute Gasteiger partial charge is 0.181 e. The Morgan fingerprint density at radius 1 is 1.35 bits per heavy atom. The molecule has 0 amide bonds. The van der Waals surface area contributed by atoms with Crippen molar-refractivity contribution in [3.63, 3.8) is 0 Å². The lowest BCUT2D eigenvalue weighted by molar-refractivity contribution is -0.0490. The van der Waals surface area contributed by atoms with Gasteiger partial charge >= 0.3 is 0 Å². The van der Waals surface area contributed by atoms with Crippen molar-refractivity contribution in [3.05, 3.63) is 70.4 Å². The maximum atomic E-state index is 14.2. The van der Waals surface area contributed by atoms with Gasteiger partial charge in [0.15, 0.2) is 15.6 Å². The molecule has 1 aliphatic rings. The number of pyridine rings is 1. The van der Waals surface area contributed by atoms with Crippen LogP contribution in [0.25, 0.3) is 11.0 Å². The summed E-state index contributed by atoms with van der Waals surface area (Å²) < 4.78 is 44.0. The number of fused-ring (bicyclic) bond motifs is 1. The molecule has 0 aliphatic carbocycles. The van der Waals surface area contributed by atoms with Gasteiger partial charge in [0, 0.05) is 24.0 Å². The largest absolute Gasteiger partial charge is 0.381 e. The molecule has 10 heteroatoms. The van der Waals surface area contributed by atoms with Crippen molar-refractivity contribution in [2.24, 2.45) is 11.8 Å². The van der Waals surface area contributed by atoms with E-state index in [9.17, 15) is 17.6 Å². The number of imidazole rings is 1. The van der Waals surface area contributed by atoms with Gasteiger partial charge < -0.3 is 9.30 Å². The van der Waals surface area contributed by atoms with Gasteiger partial charge in [-0.1, -0.05) is 36.7 Å². The highest BCUT2D eigenvalue weighted by atomic mass is 35.5. The monoisotopic (exact) mass is 505 g/mol. The third-order valence-electron chi connectivity index (χ3n) is 5.94. The molecule has 0 spiro atoms. The number of ketones is 1. The van der Waals surface area contributed by atoms with Crippen LogP contribution in [-0.2, 0) is 14.6 Å². The number of halogens is 2. The summed E-state index contributed by atoms with van der Waals surface area (Å²) in [5, 5.41) is 1.23. The first-order chi connectivity index (χ1) is 16.1. The van der Waals surface area contributed by atoms with Gasteiger partial charge in [-0.15, -0.1) is 0 Å². The number of benzene rings is 1. The normalized spacial score (nSPS) is 16.6. The number of carbonyl (C=O) groups excluding carboxylic acids is 1. The van der Waals surface area contributed by atoms with E-state index in [1.807, 2.05) is 11.5 Å². The van der Waals surface area contributed by atoms with Gasteiger partial charge in [0.25, 0.3) is 0 Å². The lowest BCUT2D eigenvalue weighted by atomic mass is 9.91. The summed E-state index contributed by atoms with van der Waals surface area (Å²) in [5.74, 6) is -0.601. The average Bonchev–Trinajstić information content (AvgIpc) is 3.17. The van der Waals surface area contributed by atoms with Gasteiger partial charge in [-0.3, -0.25) is 9.78 Å². The maximum absolute atomic E-state index is 14.2. The number of Topliss-reactive ketones (excluding diaryl/α,β-unsaturated/α-hetero) is 1. The zero-order valence-electron chi connectivity index (χ0n) is 18.8. The van der Waals surface area contributed by atoms with E-state index in [4.69, 9.17) is 16.3 Å². The Kier molecular flexibility index (Phi) is 7.16. The summed E-state index contributed by atoms with van der Waals surface area (Å²) >= 11 is 6.31. The Hall–Kier alpha value is -2.62. The van der Waals surface area contributed by atoms with Gasteiger partial charge in [-0.2, -0.15) is 0 Å². The number of ether oxygens (including phenoxy) is 1. The van der Waals surface area contributed by atoms with E-state index < -0.39 is 15.7 Å². The maximum Gasteiger partial charge on any atom is 0.181 e. The molecule has 34 heavy (non-hydrogen) atoms. The highest BCUT2D eigenvalue weighted by Gasteiger charge is 2.34. The van der Waals surface area contributed by atoms with Gasteiger partial charge in [0.1, 0.15) is 11.5 Å². The number of allylic oxidation sites excluding steroid dienone is 1. The molecule has 0 unspecified atom stereocenters. The molecule has 1 fully saturated rings. The van der Waals surface area contributed by atoms with Crippen molar-refractivity contribution in [3.8, 4) is 0 Å². The molecule has 0 bridgehead atoms. The number of hydrogen-bond acceptors (Lipinski definition) is 6. The third kappa shape index (κ3) is 5.37. The second-order valence-electron chi connectivity index (χ2n) is 8.69. The molecule has 7 nitrogen and oxygen atoms in total. The first-order valence-electron chi connectivity index (χ1n) is 10.9. The minimum atomic E-state index is -3.19. The minimum Gasteiger partial charge on any atom is -0.381 e. The highest BCUT2D eigenvalue weighted by Crippen LogP contribution is 2.38. The molecule has 4 rings (SSSR count). The van der Waals surface area contributed by atoms with Crippen LogP contribution in [0.15, 0.2) is 48.3 Å². The fourth-order valence-corrected chi connectivity index (χ4v) is 4.77. The Bertz CT molecular complexity index is 1350. The van der Waals surface area contributed by atoms with Crippen LogP contribution in [0.5, 0.6) is 0 Å². The fraction of sp³-hybridized carbons (Fsp3) is 0.375. The lowest BCUT2D eigenvalue weighted by Crippen LogP contribution is -2.36. The minimum absolute atomic E-state index is 0.0666. The van der Waals surface area contributed by atoms with E-state index in [2.05, 4.69) is 9.97 Å². The van der Waals surface area contributed by atoms with Crippen LogP contribution in [-0.4, -0.2) is 48.2 Å². The van der Waals surface area contributed by atoms with Crippen LogP contribution in [0, 0.1) is 17.7 Å². The van der Waals surface area contributed by atoms with Crippen molar-refractivity contribution >= 4 is 38.3 Å². The summed E-state index contributed by atoms with van der Waals surface area (Å²) in [6.07, 6.45) is 6.70. The highest BCUT2D eigenvalue weighted by molar-refractivity contribution is 7.93. The quantitative estimate of drug-likeness (QED) is 0.394. The number of aromatic nitrogens is 3. The molecule has 0 N–H and O–H groups in total. The van der Waals surface area contributed by atoms with Crippen LogP contribution in [0.3, 0.4) is 0 Å². The zero-order chi connectivity index (χ0) is 24.5. The summed E-state index contributed by atoms with van der Waals surface area (Å²) in [5.41, 5.74) is 2.24. The van der Waals surface area contributed by atoms with Crippen LogP contribution in [0.1, 0.15) is 41.9 Å². The van der Waals surface area contributed by atoms with Crippen LogP contribution >= 0.6 is 11.6 Å². The van der Waals surface area contributed by atoms with Crippen molar-refractivity contribution in [1.82, 2.24) is 14.5 Å². The molecule has 2 atom stereocenters. The van der Waals surface area contributed by atoms with Crippen LogP contribution < -0.4 is 0 Å². The molecule has 180 valence electrons. The number of rotatable bonds is 9. The predicted octanol–water partition coefficient (Wildman–Crippen LogP) is 4.62. The van der Waals surface area contributed by atoms with E-state index in [0.29, 0.717) is 41.9 Å². The lowest BCUT2D eigenvalue weighted by Gasteiger charge is -2.35. The van der Waals surface area contributed by atoms with E-state index in [-0.39, 0.29) is 35.1 Å². The molecule has 1 aromatic carbocycles. The molecular weight excluding hydrogens is 481 g/mol. The Morgan fingerprint density at radius 3 is 2.79 bits per heavy atom. The van der Waals surface area contributed by atoms with Gasteiger partial charge in [-0.25, -0.2) is 17.8 Å². The van der Waals surface area contributed by atoms with Crippen LogP contribution in [0.4, 0.5) is 4.39 Å². The van der Waals surface area contributed by atoms with E-state index in [0.717, 1.165) is 11.7 Å².